The summed E-state index contributed by atoms with van der Waals surface area (Å²) < 4.78 is 0. The number of hydrogen-bond acceptors (Lipinski definition) is 1. The first kappa shape index (κ1) is 12.9. The van der Waals surface area contributed by atoms with Gasteiger partial charge in [-0.05, 0) is 10.8 Å². The van der Waals surface area contributed by atoms with Gasteiger partial charge in [0.2, 0.25) is 0 Å². The van der Waals surface area contributed by atoms with Crippen LogP contribution in [-0.2, 0) is 4.79 Å². The molecule has 0 saturated heterocycles. The zero-order valence-electron chi connectivity index (χ0n) is 7.46. The van der Waals surface area contributed by atoms with E-state index < -0.39 is 0 Å². The molecule has 2 aromatic carbocycles. The monoisotopic (exact) mass is 302 g/mol. The number of carbonyl (C=O) groups is 1. The Kier molecular flexibility index (Phi) is 6.74. The summed E-state index contributed by atoms with van der Waals surface area (Å²) in [5.74, 6) is 0. The minimum Gasteiger partial charge on any atom is -0.483 e. The fourth-order valence-electron chi connectivity index (χ4n) is 1.13. The average molecular weight is 302 g/mol. The molecule has 0 amide bonds. The summed E-state index contributed by atoms with van der Waals surface area (Å²) in [4.78, 5) is 8.36. The van der Waals surface area contributed by atoms with Gasteiger partial charge in [-0.15, -0.1) is 24.0 Å². The molecule has 0 spiro atoms. The van der Waals surface area contributed by atoms with Gasteiger partial charge < -0.3 is 5.11 Å². The van der Waals surface area contributed by atoms with Crippen LogP contribution in [0.4, 0.5) is 0 Å². The van der Waals surface area contributed by atoms with E-state index in [2.05, 4.69) is 48.5 Å². The van der Waals surface area contributed by atoms with Crippen molar-refractivity contribution >= 4 is 41.2 Å². The average Bonchev–Trinajstić information content (AvgIpc) is 2.19. The summed E-state index contributed by atoms with van der Waals surface area (Å²) >= 11 is 0. The maximum atomic E-state index is 8.36. The van der Waals surface area contributed by atoms with E-state index >= 15 is 0 Å². The van der Waals surface area contributed by atoms with Crippen molar-refractivity contribution in [1.82, 2.24) is 0 Å². The van der Waals surface area contributed by atoms with Crippen LogP contribution in [0.25, 0.3) is 10.8 Å². The molecule has 0 saturated carbocycles. The van der Waals surface area contributed by atoms with E-state index in [9.17, 15) is 0 Å². The summed E-state index contributed by atoms with van der Waals surface area (Å²) in [6.45, 7) is -0.250. The van der Waals surface area contributed by atoms with E-state index in [0.29, 0.717) is 0 Å². The van der Waals surface area contributed by atoms with Gasteiger partial charge in [-0.1, -0.05) is 48.5 Å². The quantitative estimate of drug-likeness (QED) is 0.599. The first-order chi connectivity index (χ1) is 6.38. The molecule has 3 heteroatoms. The molecule has 0 aliphatic carbocycles. The van der Waals surface area contributed by atoms with Crippen LogP contribution in [-0.4, -0.2) is 11.6 Å². The van der Waals surface area contributed by atoms with Gasteiger partial charge in [0, 0.05) is 0 Å². The van der Waals surface area contributed by atoms with Gasteiger partial charge in [-0.25, -0.2) is 0 Å². The van der Waals surface area contributed by atoms with Gasteiger partial charge in [-0.3, -0.25) is 4.79 Å². The molecular weight excluding hydrogens is 291 g/mol. The first-order valence-electron chi connectivity index (χ1n) is 3.90. The molecule has 0 radical (unpaired) electrons. The highest BCUT2D eigenvalue weighted by atomic mass is 127. The molecule has 0 unspecified atom stereocenters. The molecule has 0 fully saturated rings. The topological polar surface area (TPSA) is 37.3 Å². The summed E-state index contributed by atoms with van der Waals surface area (Å²) in [5, 5.41) is 9.51. The number of carboxylic acid groups (broad SMARTS) is 1. The van der Waals surface area contributed by atoms with E-state index in [0.717, 1.165) is 0 Å². The Balaban J connectivity index is 0.000000381. The Labute approximate surface area is 99.6 Å². The van der Waals surface area contributed by atoms with Crippen LogP contribution in [0.5, 0.6) is 0 Å². The third-order valence-electron chi connectivity index (χ3n) is 1.66. The maximum Gasteiger partial charge on any atom is 0.290 e. The van der Waals surface area contributed by atoms with Crippen LogP contribution >= 0.6 is 24.0 Å². The largest absolute Gasteiger partial charge is 0.483 e. The minimum atomic E-state index is -0.250. The Morgan fingerprint density at radius 2 is 1.07 bits per heavy atom. The Hall–Kier alpha value is -1.10. The Morgan fingerprint density at radius 1 is 0.857 bits per heavy atom. The van der Waals surface area contributed by atoms with E-state index in [4.69, 9.17) is 9.90 Å². The fraction of sp³-hybridized carbons (Fsp3) is 0. The normalized spacial score (nSPS) is 8.00. The molecule has 0 atom stereocenters. The number of fused-ring (bicyclic) bond motifs is 1. The number of hydrogen-bond donors (Lipinski definition) is 1. The second-order valence-electron chi connectivity index (χ2n) is 2.45. The van der Waals surface area contributed by atoms with Gasteiger partial charge in [0.05, 0.1) is 0 Å². The maximum absolute atomic E-state index is 8.36. The van der Waals surface area contributed by atoms with Crippen LogP contribution in [0.15, 0.2) is 48.5 Å². The third kappa shape index (κ3) is 3.74. The van der Waals surface area contributed by atoms with E-state index in [1.165, 1.54) is 10.8 Å². The lowest BCUT2D eigenvalue weighted by Crippen LogP contribution is -1.67. The molecule has 2 nitrogen and oxygen atoms in total. The van der Waals surface area contributed by atoms with Crippen LogP contribution in [0.3, 0.4) is 0 Å². The predicted molar refractivity (Wildman–Crippen MR) is 68.1 cm³/mol. The Bertz CT molecular complexity index is 322. The first-order valence-corrected chi connectivity index (χ1v) is 3.90. The van der Waals surface area contributed by atoms with Crippen LogP contribution in [0, 0.1) is 0 Å². The lowest BCUT2D eigenvalue weighted by Gasteiger charge is -1.92. The molecule has 14 heavy (non-hydrogen) atoms. The summed E-state index contributed by atoms with van der Waals surface area (Å²) in [5.41, 5.74) is 0. The van der Waals surface area contributed by atoms with Crippen molar-refractivity contribution < 1.29 is 9.90 Å². The molecule has 0 aliphatic rings. The van der Waals surface area contributed by atoms with Crippen molar-refractivity contribution in [2.24, 2.45) is 0 Å². The van der Waals surface area contributed by atoms with Crippen molar-refractivity contribution in [2.45, 2.75) is 0 Å². The molecule has 0 bridgehead atoms. The minimum absolute atomic E-state index is 0. The van der Waals surface area contributed by atoms with E-state index in [1.807, 2.05) is 0 Å². The zero-order valence-corrected chi connectivity index (χ0v) is 9.79. The van der Waals surface area contributed by atoms with Crippen LogP contribution in [0.2, 0.25) is 0 Å². The van der Waals surface area contributed by atoms with Crippen molar-refractivity contribution in [3.63, 3.8) is 0 Å². The van der Waals surface area contributed by atoms with Crippen molar-refractivity contribution in [1.29, 1.82) is 0 Å². The van der Waals surface area contributed by atoms with Gasteiger partial charge in [0.1, 0.15) is 0 Å². The molecule has 1 N–H and O–H groups in total. The van der Waals surface area contributed by atoms with Crippen LogP contribution in [0.1, 0.15) is 0 Å². The standard InChI is InChI=1S/C10H8.CH2O2.HI/c1-2-6-10-8-4-3-7-9(10)5-1;2-1-3;/h1-8H;1H,(H,2,3);1H. The highest BCUT2D eigenvalue weighted by molar-refractivity contribution is 14.0. The SMILES string of the molecule is I.O=CO.c1ccc2ccccc2c1. The molecule has 0 aromatic heterocycles. The van der Waals surface area contributed by atoms with Gasteiger partial charge >= 0.3 is 0 Å². The molecule has 0 aliphatic heterocycles. The number of benzene rings is 2. The number of rotatable bonds is 0. The van der Waals surface area contributed by atoms with Gasteiger partial charge in [0.25, 0.3) is 6.47 Å². The number of halogens is 1. The smallest absolute Gasteiger partial charge is 0.290 e. The van der Waals surface area contributed by atoms with Gasteiger partial charge in [0.15, 0.2) is 0 Å². The Morgan fingerprint density at radius 3 is 1.29 bits per heavy atom. The summed E-state index contributed by atoms with van der Waals surface area (Å²) in [6, 6.07) is 16.7. The highest BCUT2D eigenvalue weighted by Crippen LogP contribution is 2.11. The summed E-state index contributed by atoms with van der Waals surface area (Å²) in [7, 11) is 0. The van der Waals surface area contributed by atoms with Gasteiger partial charge in [-0.2, -0.15) is 0 Å². The zero-order chi connectivity index (χ0) is 9.52. The third-order valence-corrected chi connectivity index (χ3v) is 1.66. The predicted octanol–water partition coefficient (Wildman–Crippen LogP) is 3.16. The molecular formula is C11H11IO2. The molecule has 2 aromatic rings. The van der Waals surface area contributed by atoms with E-state index in [1.54, 1.807) is 0 Å². The van der Waals surface area contributed by atoms with Crippen molar-refractivity contribution in [3.8, 4) is 0 Å². The van der Waals surface area contributed by atoms with E-state index in [-0.39, 0.29) is 30.4 Å². The van der Waals surface area contributed by atoms with Crippen molar-refractivity contribution in [2.75, 3.05) is 0 Å². The van der Waals surface area contributed by atoms with Crippen molar-refractivity contribution in [3.05, 3.63) is 48.5 Å². The second kappa shape index (κ2) is 7.32. The lowest BCUT2D eigenvalue weighted by molar-refractivity contribution is -0.122. The summed E-state index contributed by atoms with van der Waals surface area (Å²) in [6.07, 6.45) is 0. The lowest BCUT2D eigenvalue weighted by atomic mass is 10.1. The van der Waals surface area contributed by atoms with Crippen LogP contribution < -0.4 is 0 Å². The highest BCUT2D eigenvalue weighted by Gasteiger charge is 1.85. The molecule has 0 heterocycles. The molecule has 74 valence electrons. The fourth-order valence-corrected chi connectivity index (χ4v) is 1.13. The molecule has 2 rings (SSSR count). The second-order valence-corrected chi connectivity index (χ2v) is 2.45.